The summed E-state index contributed by atoms with van der Waals surface area (Å²) >= 11 is 6.09. The number of aromatic nitrogens is 2. The van der Waals surface area contributed by atoms with E-state index in [4.69, 9.17) is 11.6 Å². The summed E-state index contributed by atoms with van der Waals surface area (Å²) in [5.74, 6) is 0.716. The normalized spacial score (nSPS) is 14.3. The zero-order valence-corrected chi connectivity index (χ0v) is 20.2. The molecular formula is C27H25ClN6O. The topological polar surface area (TPSA) is 85.2 Å². The minimum absolute atomic E-state index is 0.101. The molecule has 1 aliphatic heterocycles. The smallest absolute Gasteiger partial charge is 0.253 e. The van der Waals surface area contributed by atoms with Gasteiger partial charge in [0, 0.05) is 43.7 Å². The third-order valence-electron chi connectivity index (χ3n) is 6.45. The quantitative estimate of drug-likeness (QED) is 0.424. The van der Waals surface area contributed by atoms with E-state index in [1.54, 1.807) is 18.2 Å². The molecule has 5 rings (SSSR count). The monoisotopic (exact) mass is 484 g/mol. The van der Waals surface area contributed by atoms with Gasteiger partial charge in [-0.1, -0.05) is 24.3 Å². The van der Waals surface area contributed by atoms with E-state index in [1.165, 1.54) is 5.56 Å². The van der Waals surface area contributed by atoms with Crippen LogP contribution in [-0.4, -0.2) is 65.4 Å². The number of carbonyl (C=O) groups is 1. The number of amides is 1. The van der Waals surface area contributed by atoms with Crippen LogP contribution in [0.15, 0.2) is 54.6 Å². The Balaban J connectivity index is 1.28. The Hall–Kier alpha value is -3.73. The molecule has 1 amide bonds. The fourth-order valence-corrected chi connectivity index (χ4v) is 4.58. The molecule has 1 aliphatic rings. The lowest BCUT2D eigenvalue weighted by atomic mass is 10.0. The Bertz CT molecular complexity index is 1460. The molecule has 8 heteroatoms. The first-order valence-corrected chi connectivity index (χ1v) is 12.0. The average molecular weight is 485 g/mol. The van der Waals surface area contributed by atoms with Crippen molar-refractivity contribution < 1.29 is 4.79 Å². The lowest BCUT2D eigenvalue weighted by molar-refractivity contribution is 0.0664. The molecule has 0 unspecified atom stereocenters. The summed E-state index contributed by atoms with van der Waals surface area (Å²) in [6.07, 6.45) is 0.777. The fraction of sp³-hybridized carbons (Fsp3) is 0.259. The SMILES string of the molecule is CN1CCN(C(=O)c2ccc3cc(CCNc4nc(Cl)nc5ccc(C#N)cc45)ccc3c2)CC1. The number of anilines is 1. The van der Waals surface area contributed by atoms with Crippen LogP contribution in [0.25, 0.3) is 21.7 Å². The van der Waals surface area contributed by atoms with Gasteiger partial charge >= 0.3 is 0 Å². The highest BCUT2D eigenvalue weighted by Gasteiger charge is 2.20. The molecule has 1 aromatic heterocycles. The number of likely N-dealkylation sites (N-methyl/N-ethyl adjacent to an activating group) is 1. The van der Waals surface area contributed by atoms with Crippen LogP contribution in [0.3, 0.4) is 0 Å². The average Bonchev–Trinajstić information content (AvgIpc) is 2.88. The third kappa shape index (κ3) is 5.04. The number of nitrogens with one attached hydrogen (secondary N) is 1. The molecule has 176 valence electrons. The first-order chi connectivity index (χ1) is 17.0. The van der Waals surface area contributed by atoms with E-state index < -0.39 is 0 Å². The summed E-state index contributed by atoms with van der Waals surface area (Å²) in [5.41, 5.74) is 3.15. The number of hydrogen-bond donors (Lipinski definition) is 1. The first kappa shape index (κ1) is 23.0. The second kappa shape index (κ2) is 9.87. The van der Waals surface area contributed by atoms with Crippen LogP contribution < -0.4 is 5.32 Å². The van der Waals surface area contributed by atoms with Gasteiger partial charge in [0.2, 0.25) is 5.28 Å². The van der Waals surface area contributed by atoms with Crippen molar-refractivity contribution in [3.8, 4) is 6.07 Å². The van der Waals surface area contributed by atoms with E-state index >= 15 is 0 Å². The number of nitriles is 1. The fourth-order valence-electron chi connectivity index (χ4n) is 4.41. The molecule has 0 saturated carbocycles. The van der Waals surface area contributed by atoms with Gasteiger partial charge in [-0.15, -0.1) is 0 Å². The highest BCUT2D eigenvalue weighted by Crippen LogP contribution is 2.24. The van der Waals surface area contributed by atoms with Gasteiger partial charge in [0.05, 0.1) is 17.1 Å². The van der Waals surface area contributed by atoms with Gasteiger partial charge in [-0.3, -0.25) is 4.79 Å². The highest BCUT2D eigenvalue weighted by molar-refractivity contribution is 6.28. The van der Waals surface area contributed by atoms with Crippen LogP contribution in [-0.2, 0) is 6.42 Å². The largest absolute Gasteiger partial charge is 0.369 e. The molecule has 1 fully saturated rings. The van der Waals surface area contributed by atoms with Gasteiger partial charge in [-0.2, -0.15) is 5.26 Å². The van der Waals surface area contributed by atoms with E-state index in [-0.39, 0.29) is 11.2 Å². The maximum atomic E-state index is 12.9. The minimum Gasteiger partial charge on any atom is -0.369 e. The first-order valence-electron chi connectivity index (χ1n) is 11.6. The van der Waals surface area contributed by atoms with Crippen LogP contribution in [0.5, 0.6) is 0 Å². The Morgan fingerprint density at radius 1 is 1.03 bits per heavy atom. The molecule has 4 aromatic rings. The van der Waals surface area contributed by atoms with E-state index in [0.29, 0.717) is 23.4 Å². The number of benzene rings is 3. The molecule has 35 heavy (non-hydrogen) atoms. The van der Waals surface area contributed by atoms with Crippen LogP contribution >= 0.6 is 11.6 Å². The Morgan fingerprint density at radius 3 is 2.60 bits per heavy atom. The molecule has 1 saturated heterocycles. The van der Waals surface area contributed by atoms with Gasteiger partial charge in [0.1, 0.15) is 5.82 Å². The predicted molar refractivity (Wildman–Crippen MR) is 139 cm³/mol. The molecule has 0 spiro atoms. The standard InChI is InChI=1S/C27H25ClN6O/c1-33-10-12-34(13-11-33)26(35)22-6-5-20-14-18(2-4-21(20)16-22)8-9-30-25-23-15-19(17-29)3-7-24(23)31-27(28)32-25/h2-7,14-16H,8-13H2,1H3,(H,30,31,32). The lowest BCUT2D eigenvalue weighted by Crippen LogP contribution is -2.47. The molecule has 0 radical (unpaired) electrons. The summed E-state index contributed by atoms with van der Waals surface area (Å²) in [5, 5.41) is 15.6. The van der Waals surface area contributed by atoms with Crippen LogP contribution in [0.4, 0.5) is 5.82 Å². The second-order valence-electron chi connectivity index (χ2n) is 8.85. The number of piperazine rings is 1. The van der Waals surface area contributed by atoms with Crippen LogP contribution in [0.1, 0.15) is 21.5 Å². The van der Waals surface area contributed by atoms with E-state index in [0.717, 1.165) is 54.3 Å². The predicted octanol–water partition coefficient (Wildman–Crippen LogP) is 4.35. The number of nitrogens with zero attached hydrogens (tertiary/aromatic N) is 5. The number of fused-ring (bicyclic) bond motifs is 2. The van der Waals surface area contributed by atoms with E-state index in [2.05, 4.69) is 51.5 Å². The maximum Gasteiger partial charge on any atom is 0.253 e. The number of halogens is 1. The summed E-state index contributed by atoms with van der Waals surface area (Å²) < 4.78 is 0. The van der Waals surface area contributed by atoms with Crippen LogP contribution in [0, 0.1) is 11.3 Å². The Morgan fingerprint density at radius 2 is 1.80 bits per heavy atom. The van der Waals surface area contributed by atoms with Crippen molar-refractivity contribution in [1.29, 1.82) is 5.26 Å². The van der Waals surface area contributed by atoms with Crippen molar-refractivity contribution in [3.05, 3.63) is 76.6 Å². The minimum atomic E-state index is 0.101. The summed E-state index contributed by atoms with van der Waals surface area (Å²) in [6, 6.07) is 19.7. The van der Waals surface area contributed by atoms with Crippen molar-refractivity contribution >= 4 is 45.0 Å². The summed E-state index contributed by atoms with van der Waals surface area (Å²) in [7, 11) is 2.08. The van der Waals surface area contributed by atoms with Gasteiger partial charge in [-0.25, -0.2) is 9.97 Å². The molecule has 7 nitrogen and oxygen atoms in total. The van der Waals surface area contributed by atoms with Gasteiger partial charge in [0.15, 0.2) is 0 Å². The molecule has 1 N–H and O–H groups in total. The van der Waals surface area contributed by atoms with Crippen LogP contribution in [0.2, 0.25) is 5.28 Å². The zero-order valence-electron chi connectivity index (χ0n) is 19.5. The van der Waals surface area contributed by atoms with Gasteiger partial charge in [0.25, 0.3) is 5.91 Å². The maximum absolute atomic E-state index is 12.9. The van der Waals surface area contributed by atoms with Crippen molar-refractivity contribution in [2.75, 3.05) is 45.1 Å². The van der Waals surface area contributed by atoms with Crippen molar-refractivity contribution in [2.24, 2.45) is 0 Å². The highest BCUT2D eigenvalue weighted by atomic mass is 35.5. The molecule has 2 heterocycles. The molecule has 3 aromatic carbocycles. The molecule has 0 bridgehead atoms. The van der Waals surface area contributed by atoms with E-state index in [9.17, 15) is 10.1 Å². The number of carbonyl (C=O) groups excluding carboxylic acids is 1. The third-order valence-corrected chi connectivity index (χ3v) is 6.61. The van der Waals surface area contributed by atoms with E-state index in [1.807, 2.05) is 23.1 Å². The van der Waals surface area contributed by atoms with Gasteiger partial charge in [-0.05, 0) is 71.7 Å². The van der Waals surface area contributed by atoms with Crippen molar-refractivity contribution in [3.63, 3.8) is 0 Å². The Kier molecular flexibility index (Phi) is 6.49. The molecular weight excluding hydrogens is 460 g/mol. The van der Waals surface area contributed by atoms with Crippen molar-refractivity contribution in [1.82, 2.24) is 19.8 Å². The second-order valence-corrected chi connectivity index (χ2v) is 9.19. The lowest BCUT2D eigenvalue weighted by Gasteiger charge is -2.32. The molecule has 0 aliphatic carbocycles. The van der Waals surface area contributed by atoms with Crippen molar-refractivity contribution in [2.45, 2.75) is 6.42 Å². The number of rotatable bonds is 5. The summed E-state index contributed by atoms with van der Waals surface area (Å²) in [4.78, 5) is 25.7. The van der Waals surface area contributed by atoms with Gasteiger partial charge < -0.3 is 15.1 Å². The zero-order chi connectivity index (χ0) is 24.4. The summed E-state index contributed by atoms with van der Waals surface area (Å²) in [6.45, 7) is 4.00. The Labute approximate surface area is 208 Å². The number of hydrogen-bond acceptors (Lipinski definition) is 6. The molecule has 0 atom stereocenters.